The van der Waals surface area contributed by atoms with E-state index in [9.17, 15) is 4.79 Å². The van der Waals surface area contributed by atoms with Crippen molar-refractivity contribution in [1.29, 1.82) is 0 Å². The minimum atomic E-state index is 0.0484. The lowest BCUT2D eigenvalue weighted by Crippen LogP contribution is -2.33. The van der Waals surface area contributed by atoms with E-state index in [-0.39, 0.29) is 5.91 Å². The molecule has 7 heteroatoms. The lowest BCUT2D eigenvalue weighted by molar-refractivity contribution is -0.119. The van der Waals surface area contributed by atoms with Crippen LogP contribution in [0.15, 0.2) is 6.07 Å². The van der Waals surface area contributed by atoms with Crippen molar-refractivity contribution < 1.29 is 4.79 Å². The number of aromatic nitrogens is 2. The first-order valence-corrected chi connectivity index (χ1v) is 7.46. The van der Waals surface area contributed by atoms with Gasteiger partial charge in [0.2, 0.25) is 11.9 Å². The average molecular weight is 291 g/mol. The zero-order chi connectivity index (χ0) is 14.1. The fourth-order valence-corrected chi connectivity index (χ4v) is 3.24. The van der Waals surface area contributed by atoms with E-state index < -0.39 is 0 Å². The fraction of sp³-hybridized carbons (Fsp3) is 0.462. The molecule has 1 saturated heterocycles. The maximum absolute atomic E-state index is 11.8. The zero-order valence-corrected chi connectivity index (χ0v) is 12.4. The Bertz CT molecular complexity index is 653. The number of fused-ring (bicyclic) bond motifs is 1. The molecule has 1 aliphatic rings. The van der Waals surface area contributed by atoms with Crippen LogP contribution in [0.25, 0.3) is 10.2 Å². The standard InChI is InChI=1S/C13H17N5OS/c1-8-6-9-11(16-13(14-2)17-12(9)20-8)18-5-3-4-15-10(19)7-18/h6H,3-5,7H2,1-2H3,(H,15,19)(H,14,16,17). The van der Waals surface area contributed by atoms with Gasteiger partial charge in [0.15, 0.2) is 0 Å². The van der Waals surface area contributed by atoms with Gasteiger partial charge in [0.25, 0.3) is 0 Å². The first-order chi connectivity index (χ1) is 9.67. The largest absolute Gasteiger partial charge is 0.357 e. The second-order valence-electron chi connectivity index (χ2n) is 4.82. The van der Waals surface area contributed by atoms with Gasteiger partial charge in [-0.2, -0.15) is 4.98 Å². The summed E-state index contributed by atoms with van der Waals surface area (Å²) < 4.78 is 0. The molecule has 1 amide bonds. The molecule has 2 aromatic heterocycles. The van der Waals surface area contributed by atoms with Crippen LogP contribution in [-0.4, -0.2) is 42.6 Å². The van der Waals surface area contributed by atoms with Gasteiger partial charge in [-0.15, -0.1) is 11.3 Å². The smallest absolute Gasteiger partial charge is 0.239 e. The minimum absolute atomic E-state index is 0.0484. The maximum atomic E-state index is 11.8. The van der Waals surface area contributed by atoms with Crippen molar-refractivity contribution in [3.63, 3.8) is 0 Å². The lowest BCUT2D eigenvalue weighted by atomic mass is 10.3. The van der Waals surface area contributed by atoms with Gasteiger partial charge in [0.1, 0.15) is 10.6 Å². The van der Waals surface area contributed by atoms with E-state index in [2.05, 4.69) is 33.6 Å². The quantitative estimate of drug-likeness (QED) is 0.874. The molecule has 1 aliphatic heterocycles. The van der Waals surface area contributed by atoms with Crippen molar-refractivity contribution in [2.75, 3.05) is 36.9 Å². The molecule has 0 spiro atoms. The summed E-state index contributed by atoms with van der Waals surface area (Å²) >= 11 is 1.65. The molecule has 2 N–H and O–H groups in total. The summed E-state index contributed by atoms with van der Waals surface area (Å²) in [7, 11) is 1.81. The fourth-order valence-electron chi connectivity index (χ4n) is 2.37. The third-order valence-corrected chi connectivity index (χ3v) is 4.22. The predicted molar refractivity (Wildman–Crippen MR) is 81.5 cm³/mol. The number of amides is 1. The summed E-state index contributed by atoms with van der Waals surface area (Å²) in [6, 6.07) is 2.09. The van der Waals surface area contributed by atoms with Crippen LogP contribution in [0.3, 0.4) is 0 Å². The number of anilines is 2. The topological polar surface area (TPSA) is 70.2 Å². The van der Waals surface area contributed by atoms with Gasteiger partial charge in [-0.05, 0) is 19.4 Å². The van der Waals surface area contributed by atoms with Crippen LogP contribution in [0.1, 0.15) is 11.3 Å². The van der Waals surface area contributed by atoms with Crippen LogP contribution in [-0.2, 0) is 4.79 Å². The van der Waals surface area contributed by atoms with Crippen LogP contribution < -0.4 is 15.5 Å². The van der Waals surface area contributed by atoms with Crippen molar-refractivity contribution in [2.24, 2.45) is 0 Å². The molecular weight excluding hydrogens is 274 g/mol. The van der Waals surface area contributed by atoms with Gasteiger partial charge in [0.05, 0.1) is 11.9 Å². The molecule has 0 saturated carbocycles. The third-order valence-electron chi connectivity index (χ3n) is 3.28. The van der Waals surface area contributed by atoms with Crippen LogP contribution in [0.4, 0.5) is 11.8 Å². The van der Waals surface area contributed by atoms with Crippen molar-refractivity contribution >= 4 is 39.2 Å². The number of thiophene rings is 1. The number of nitrogens with one attached hydrogen (secondary N) is 2. The molecule has 6 nitrogen and oxygen atoms in total. The molecule has 3 heterocycles. The lowest BCUT2D eigenvalue weighted by Gasteiger charge is -2.21. The van der Waals surface area contributed by atoms with Crippen LogP contribution in [0.5, 0.6) is 0 Å². The Morgan fingerprint density at radius 2 is 2.30 bits per heavy atom. The molecule has 0 aromatic carbocycles. The Labute approximate surface area is 121 Å². The molecule has 20 heavy (non-hydrogen) atoms. The summed E-state index contributed by atoms with van der Waals surface area (Å²) in [6.07, 6.45) is 0.926. The van der Waals surface area contributed by atoms with Gasteiger partial charge in [0, 0.05) is 25.0 Å². The van der Waals surface area contributed by atoms with Crippen LogP contribution >= 0.6 is 11.3 Å². The van der Waals surface area contributed by atoms with Gasteiger partial charge < -0.3 is 15.5 Å². The summed E-state index contributed by atoms with van der Waals surface area (Å²) in [5, 5.41) is 6.91. The Hall–Kier alpha value is -1.89. The zero-order valence-electron chi connectivity index (χ0n) is 11.6. The molecule has 2 aromatic rings. The van der Waals surface area contributed by atoms with Crippen molar-refractivity contribution in [2.45, 2.75) is 13.3 Å². The van der Waals surface area contributed by atoms with Crippen molar-refractivity contribution in [1.82, 2.24) is 15.3 Å². The molecular formula is C13H17N5OS. The Kier molecular flexibility index (Phi) is 3.43. The van der Waals surface area contributed by atoms with Gasteiger partial charge in [-0.1, -0.05) is 0 Å². The number of nitrogens with zero attached hydrogens (tertiary/aromatic N) is 3. The van der Waals surface area contributed by atoms with Gasteiger partial charge in [-0.3, -0.25) is 4.79 Å². The van der Waals surface area contributed by atoms with E-state index >= 15 is 0 Å². The van der Waals surface area contributed by atoms with Crippen LogP contribution in [0, 0.1) is 6.92 Å². The van der Waals surface area contributed by atoms with E-state index in [1.54, 1.807) is 18.4 Å². The van der Waals surface area contributed by atoms with E-state index in [0.717, 1.165) is 35.5 Å². The summed E-state index contributed by atoms with van der Waals surface area (Å²) in [5.41, 5.74) is 0. The number of rotatable bonds is 2. The van der Waals surface area contributed by atoms with Crippen LogP contribution in [0.2, 0.25) is 0 Å². The molecule has 3 rings (SSSR count). The van der Waals surface area contributed by atoms with E-state index in [1.165, 1.54) is 4.88 Å². The highest BCUT2D eigenvalue weighted by Gasteiger charge is 2.20. The van der Waals surface area contributed by atoms with E-state index in [0.29, 0.717) is 12.5 Å². The second-order valence-corrected chi connectivity index (χ2v) is 6.06. The van der Waals surface area contributed by atoms with Gasteiger partial charge in [-0.25, -0.2) is 4.98 Å². The van der Waals surface area contributed by atoms with Crippen molar-refractivity contribution in [3.8, 4) is 0 Å². The normalized spacial score (nSPS) is 16.1. The molecule has 1 fully saturated rings. The number of hydrogen-bond acceptors (Lipinski definition) is 6. The monoisotopic (exact) mass is 291 g/mol. The minimum Gasteiger partial charge on any atom is -0.357 e. The SMILES string of the molecule is CNc1nc(N2CCCNC(=O)C2)c2cc(C)sc2n1. The second kappa shape index (κ2) is 5.24. The molecule has 0 atom stereocenters. The molecule has 0 radical (unpaired) electrons. The average Bonchev–Trinajstić information content (AvgIpc) is 2.67. The molecule has 106 valence electrons. The number of hydrogen-bond donors (Lipinski definition) is 2. The molecule has 0 aliphatic carbocycles. The van der Waals surface area contributed by atoms with E-state index in [1.807, 2.05) is 4.90 Å². The summed E-state index contributed by atoms with van der Waals surface area (Å²) in [5.74, 6) is 1.49. The summed E-state index contributed by atoms with van der Waals surface area (Å²) in [6.45, 7) is 3.96. The van der Waals surface area contributed by atoms with E-state index in [4.69, 9.17) is 0 Å². The Balaban J connectivity index is 2.10. The first-order valence-electron chi connectivity index (χ1n) is 6.65. The first kappa shape index (κ1) is 13.1. The Morgan fingerprint density at radius 3 is 3.10 bits per heavy atom. The molecule has 0 bridgehead atoms. The van der Waals surface area contributed by atoms with Crippen molar-refractivity contribution in [3.05, 3.63) is 10.9 Å². The predicted octanol–water partition coefficient (Wildman–Crippen LogP) is 1.37. The highest BCUT2D eigenvalue weighted by molar-refractivity contribution is 7.18. The third kappa shape index (κ3) is 2.40. The molecule has 0 unspecified atom stereocenters. The number of carbonyl (C=O) groups is 1. The Morgan fingerprint density at radius 1 is 1.45 bits per heavy atom. The number of carbonyl (C=O) groups excluding carboxylic acids is 1. The number of aryl methyl sites for hydroxylation is 1. The highest BCUT2D eigenvalue weighted by atomic mass is 32.1. The summed E-state index contributed by atoms with van der Waals surface area (Å²) in [4.78, 5) is 25.0. The maximum Gasteiger partial charge on any atom is 0.239 e. The van der Waals surface area contributed by atoms with Gasteiger partial charge >= 0.3 is 0 Å². The highest BCUT2D eigenvalue weighted by Crippen LogP contribution is 2.31.